The van der Waals surface area contributed by atoms with E-state index in [0.29, 0.717) is 22.8 Å². The maximum Gasteiger partial charge on any atom is 0.262 e. The minimum atomic E-state index is -1.15. The summed E-state index contributed by atoms with van der Waals surface area (Å²) in [6.07, 6.45) is -2.50. The Morgan fingerprint density at radius 3 is 1.98 bits per heavy atom. The quantitative estimate of drug-likeness (QED) is 0.102. The van der Waals surface area contributed by atoms with Crippen molar-refractivity contribution in [1.82, 2.24) is 5.32 Å². The number of methoxy groups -OCH3 is 2. The van der Waals surface area contributed by atoms with Crippen molar-refractivity contribution in [2.45, 2.75) is 30.3 Å². The lowest BCUT2D eigenvalue weighted by Gasteiger charge is -2.37. The second-order valence-electron chi connectivity index (χ2n) is 12.7. The molecule has 7 rings (SSSR count). The molecule has 0 unspecified atom stereocenters. The molecule has 270 valence electrons. The van der Waals surface area contributed by atoms with Gasteiger partial charge in [-0.05, 0) is 70.8 Å². The number of imide groups is 1. The number of anilines is 1. The van der Waals surface area contributed by atoms with Gasteiger partial charge in [-0.2, -0.15) is 0 Å². The monoisotopic (exact) mass is 714 g/mol. The number of hydrogen-bond acceptors (Lipinski definition) is 9. The number of benzene rings is 5. The van der Waals surface area contributed by atoms with Crippen LogP contribution in [0.5, 0.6) is 17.2 Å². The lowest BCUT2D eigenvalue weighted by molar-refractivity contribution is -0.118. The molecule has 3 N–H and O–H groups in total. The average Bonchev–Trinajstić information content (AvgIpc) is 3.71. The predicted octanol–water partition coefficient (Wildman–Crippen LogP) is 5.80. The van der Waals surface area contributed by atoms with Crippen molar-refractivity contribution >= 4 is 23.4 Å². The highest BCUT2D eigenvalue weighted by Crippen LogP contribution is 2.44. The van der Waals surface area contributed by atoms with E-state index in [4.69, 9.17) is 23.7 Å². The number of aliphatic hydroxyl groups is 1. The van der Waals surface area contributed by atoms with Crippen molar-refractivity contribution in [2.75, 3.05) is 32.8 Å². The van der Waals surface area contributed by atoms with Crippen LogP contribution in [0, 0.1) is 0 Å². The molecule has 0 aliphatic carbocycles. The van der Waals surface area contributed by atoms with Crippen molar-refractivity contribution in [3.05, 3.63) is 155 Å². The molecule has 2 aliphatic heterocycles. The number of carbonyl (C=O) groups is 3. The first-order valence-corrected chi connectivity index (χ1v) is 17.1. The molecule has 2 heterocycles. The van der Waals surface area contributed by atoms with Crippen LogP contribution in [-0.4, -0.2) is 62.5 Å². The molecular weight excluding hydrogens is 676 g/mol. The number of para-hydroxylation sites is 1. The third-order valence-electron chi connectivity index (χ3n) is 9.47. The van der Waals surface area contributed by atoms with Crippen LogP contribution in [-0.2, 0) is 19.9 Å². The van der Waals surface area contributed by atoms with Crippen LogP contribution in [0.4, 0.5) is 5.69 Å². The smallest absolute Gasteiger partial charge is 0.262 e. The van der Waals surface area contributed by atoms with Crippen molar-refractivity contribution in [1.29, 1.82) is 0 Å². The fourth-order valence-electron chi connectivity index (χ4n) is 6.88. The summed E-state index contributed by atoms with van der Waals surface area (Å²) in [6.45, 7) is -0.323. The first kappa shape index (κ1) is 35.4. The van der Waals surface area contributed by atoms with Gasteiger partial charge in [0.2, 0.25) is 0 Å². The number of hydrogen-bond donors (Lipinski definition) is 3. The fourth-order valence-corrected chi connectivity index (χ4v) is 6.88. The Balaban J connectivity index is 1.18. The number of nitrogens with one attached hydrogen (secondary N) is 2. The predicted molar refractivity (Wildman–Crippen MR) is 195 cm³/mol. The molecule has 11 heteroatoms. The molecule has 1 saturated heterocycles. The van der Waals surface area contributed by atoms with Crippen molar-refractivity contribution in [3.8, 4) is 17.2 Å². The SMILES string of the molecule is COc1ccc(C(OC[C@H]2O[C@@H](c3cc(NC(=O)COc4ccccc4)cc4c3C(=O)NC4=O)C[C@@H]2O)(c2ccccc2)c2ccc(OC)cc2)cc1. The Kier molecular flexibility index (Phi) is 10.2. The molecule has 1 fully saturated rings. The zero-order valence-electron chi connectivity index (χ0n) is 29.1. The van der Waals surface area contributed by atoms with Crippen LogP contribution in [0.2, 0.25) is 0 Å². The number of carbonyl (C=O) groups excluding carboxylic acids is 3. The molecule has 3 atom stereocenters. The number of amides is 3. The Hall–Kier alpha value is -6.01. The highest BCUT2D eigenvalue weighted by Gasteiger charge is 2.43. The summed E-state index contributed by atoms with van der Waals surface area (Å²) in [4.78, 5) is 38.7. The first-order valence-electron chi connectivity index (χ1n) is 17.1. The van der Waals surface area contributed by atoms with E-state index in [1.165, 1.54) is 6.07 Å². The maximum absolute atomic E-state index is 13.0. The molecule has 0 bridgehead atoms. The normalized spacial score (nSPS) is 17.9. The van der Waals surface area contributed by atoms with Crippen molar-refractivity contribution in [2.24, 2.45) is 0 Å². The highest BCUT2D eigenvalue weighted by molar-refractivity contribution is 6.22. The lowest BCUT2D eigenvalue weighted by atomic mass is 9.80. The standard InChI is InChI=1S/C42H38N2O9/c1-49-30-17-13-27(14-18-30)42(26-9-5-3-6-10-26,28-15-19-31(50-2)20-16-28)52-24-37-35(45)23-36(53-37)33-21-29(22-34-39(33)41(48)44-40(34)47)43-38(46)25-51-32-11-7-4-8-12-32/h3-22,35-37,45H,23-25H2,1-2H3,(H,43,46)(H,44,47,48)/t35-,36+,37+/m0/s1. The van der Waals surface area contributed by atoms with Gasteiger partial charge in [0.1, 0.15) is 29.0 Å². The van der Waals surface area contributed by atoms with Gasteiger partial charge in [-0.1, -0.05) is 72.8 Å². The van der Waals surface area contributed by atoms with Gasteiger partial charge in [0.25, 0.3) is 17.7 Å². The van der Waals surface area contributed by atoms with E-state index < -0.39 is 41.6 Å². The molecular formula is C42H38N2O9. The number of aliphatic hydroxyl groups excluding tert-OH is 1. The second kappa shape index (κ2) is 15.3. The molecule has 5 aromatic rings. The van der Waals surface area contributed by atoms with E-state index in [1.807, 2.05) is 84.9 Å². The zero-order valence-corrected chi connectivity index (χ0v) is 29.1. The molecule has 5 aromatic carbocycles. The van der Waals surface area contributed by atoms with Crippen LogP contribution in [0.15, 0.2) is 121 Å². The summed E-state index contributed by atoms with van der Waals surface area (Å²) >= 11 is 0. The maximum atomic E-state index is 13.0. The average molecular weight is 715 g/mol. The van der Waals surface area contributed by atoms with E-state index in [1.54, 1.807) is 44.6 Å². The lowest BCUT2D eigenvalue weighted by Crippen LogP contribution is -2.38. The second-order valence-corrected chi connectivity index (χ2v) is 12.7. The van der Waals surface area contributed by atoms with E-state index in [9.17, 15) is 19.5 Å². The summed E-state index contributed by atoms with van der Waals surface area (Å²) in [6, 6.07) is 36.9. The summed E-state index contributed by atoms with van der Waals surface area (Å²) in [5.74, 6) is 0.259. The zero-order chi connectivity index (χ0) is 37.0. The van der Waals surface area contributed by atoms with Gasteiger partial charge < -0.3 is 34.1 Å². The van der Waals surface area contributed by atoms with Gasteiger partial charge in [0, 0.05) is 12.1 Å². The van der Waals surface area contributed by atoms with E-state index in [0.717, 1.165) is 16.7 Å². The highest BCUT2D eigenvalue weighted by atomic mass is 16.6. The molecule has 0 saturated carbocycles. The number of rotatable bonds is 13. The van der Waals surface area contributed by atoms with Gasteiger partial charge in [-0.15, -0.1) is 0 Å². The Morgan fingerprint density at radius 2 is 1.38 bits per heavy atom. The van der Waals surface area contributed by atoms with Crippen LogP contribution >= 0.6 is 0 Å². The summed E-state index contributed by atoms with van der Waals surface area (Å²) in [7, 11) is 3.21. The molecule has 0 radical (unpaired) electrons. The van der Waals surface area contributed by atoms with E-state index in [2.05, 4.69) is 10.6 Å². The molecule has 11 nitrogen and oxygen atoms in total. The minimum Gasteiger partial charge on any atom is -0.497 e. The van der Waals surface area contributed by atoms with Crippen LogP contribution in [0.3, 0.4) is 0 Å². The summed E-state index contributed by atoms with van der Waals surface area (Å²) in [5, 5.41) is 16.5. The molecule has 0 aromatic heterocycles. The summed E-state index contributed by atoms with van der Waals surface area (Å²) < 4.78 is 29.9. The Morgan fingerprint density at radius 1 is 0.792 bits per heavy atom. The third kappa shape index (κ3) is 7.22. The van der Waals surface area contributed by atoms with Crippen LogP contribution < -0.4 is 24.8 Å². The molecule has 2 aliphatic rings. The largest absolute Gasteiger partial charge is 0.497 e. The van der Waals surface area contributed by atoms with Crippen molar-refractivity contribution in [3.63, 3.8) is 0 Å². The fraction of sp³-hybridized carbons (Fsp3) is 0.214. The van der Waals surface area contributed by atoms with Crippen LogP contribution in [0.1, 0.15) is 55.5 Å². The third-order valence-corrected chi connectivity index (χ3v) is 9.47. The number of fused-ring (bicyclic) bond motifs is 1. The van der Waals surface area contributed by atoms with Gasteiger partial charge in [0.15, 0.2) is 6.61 Å². The summed E-state index contributed by atoms with van der Waals surface area (Å²) in [5.41, 5.74) is 2.20. The first-order chi connectivity index (χ1) is 25.8. The topological polar surface area (TPSA) is 142 Å². The minimum absolute atomic E-state index is 0.0504. The number of ether oxygens (including phenoxy) is 5. The van der Waals surface area contributed by atoms with Crippen LogP contribution in [0.25, 0.3) is 0 Å². The van der Waals surface area contributed by atoms with Crippen molar-refractivity contribution < 1.29 is 43.2 Å². The van der Waals surface area contributed by atoms with E-state index in [-0.39, 0.29) is 36.4 Å². The van der Waals surface area contributed by atoms with Gasteiger partial charge in [-0.3, -0.25) is 19.7 Å². The Labute approximate surface area is 306 Å². The molecule has 0 spiro atoms. The Bertz CT molecular complexity index is 2040. The van der Waals surface area contributed by atoms with E-state index >= 15 is 0 Å². The van der Waals surface area contributed by atoms with Gasteiger partial charge in [-0.25, -0.2) is 0 Å². The molecule has 3 amide bonds. The van der Waals surface area contributed by atoms with Gasteiger partial charge >= 0.3 is 0 Å². The molecule has 53 heavy (non-hydrogen) atoms. The van der Waals surface area contributed by atoms with Gasteiger partial charge in [0.05, 0.1) is 44.2 Å².